The number of carbonyl (C=O) groups excluding carboxylic acids is 1. The predicted molar refractivity (Wildman–Crippen MR) is 94.1 cm³/mol. The molecule has 2 aromatic rings. The normalized spacial score (nSPS) is 20.3. The second-order valence-electron chi connectivity index (χ2n) is 6.05. The molecule has 1 atom stereocenters. The van der Waals surface area contributed by atoms with E-state index in [1.54, 1.807) is 0 Å². The van der Waals surface area contributed by atoms with E-state index in [-0.39, 0.29) is 11.9 Å². The van der Waals surface area contributed by atoms with Crippen LogP contribution in [0.25, 0.3) is 11.1 Å². The van der Waals surface area contributed by atoms with Gasteiger partial charge in [-0.3, -0.25) is 4.79 Å². The standard InChI is InChI=1S/C18H18ClN3O/c19-14-3-1-2-12(8-14)13-4-5-16-17(9-13)22-7-6-20-11-15(22)10-18(23)21-16/h1-5,8-9,15,20H,6-7,10-11H2,(H,21,23). The number of nitrogens with one attached hydrogen (secondary N) is 2. The molecule has 1 amide bonds. The van der Waals surface area contributed by atoms with E-state index in [2.05, 4.69) is 27.7 Å². The number of amides is 1. The molecule has 4 rings (SSSR count). The number of nitrogens with zero attached hydrogens (tertiary/aromatic N) is 1. The molecule has 0 saturated carbocycles. The number of rotatable bonds is 1. The van der Waals surface area contributed by atoms with Crippen LogP contribution < -0.4 is 15.5 Å². The first kappa shape index (κ1) is 14.5. The van der Waals surface area contributed by atoms with Crippen molar-refractivity contribution in [3.63, 3.8) is 0 Å². The number of halogens is 1. The zero-order valence-corrected chi connectivity index (χ0v) is 13.4. The van der Waals surface area contributed by atoms with Crippen LogP contribution >= 0.6 is 11.6 Å². The van der Waals surface area contributed by atoms with E-state index < -0.39 is 0 Å². The minimum atomic E-state index is 0.0814. The van der Waals surface area contributed by atoms with Crippen LogP contribution in [0.5, 0.6) is 0 Å². The van der Waals surface area contributed by atoms with E-state index >= 15 is 0 Å². The van der Waals surface area contributed by atoms with Gasteiger partial charge >= 0.3 is 0 Å². The van der Waals surface area contributed by atoms with Gasteiger partial charge in [-0.2, -0.15) is 0 Å². The van der Waals surface area contributed by atoms with Crippen LogP contribution in [0.15, 0.2) is 42.5 Å². The highest BCUT2D eigenvalue weighted by molar-refractivity contribution is 6.30. The van der Waals surface area contributed by atoms with Gasteiger partial charge in [0.1, 0.15) is 0 Å². The van der Waals surface area contributed by atoms with Gasteiger partial charge in [0.2, 0.25) is 5.91 Å². The van der Waals surface area contributed by atoms with Crippen LogP contribution in [0.4, 0.5) is 11.4 Å². The average molecular weight is 328 g/mol. The van der Waals surface area contributed by atoms with Crippen molar-refractivity contribution >= 4 is 28.9 Å². The Morgan fingerprint density at radius 2 is 2.00 bits per heavy atom. The Morgan fingerprint density at radius 1 is 1.13 bits per heavy atom. The van der Waals surface area contributed by atoms with Crippen molar-refractivity contribution in [2.75, 3.05) is 29.9 Å². The number of carbonyl (C=O) groups is 1. The molecule has 0 radical (unpaired) electrons. The van der Waals surface area contributed by atoms with Crippen LogP contribution in [-0.4, -0.2) is 31.6 Å². The van der Waals surface area contributed by atoms with Crippen molar-refractivity contribution in [1.82, 2.24) is 5.32 Å². The maximum atomic E-state index is 12.1. The monoisotopic (exact) mass is 327 g/mol. The molecular weight excluding hydrogens is 310 g/mol. The summed E-state index contributed by atoms with van der Waals surface area (Å²) in [6, 6.07) is 14.2. The zero-order chi connectivity index (χ0) is 15.8. The first-order chi connectivity index (χ1) is 11.2. The molecule has 0 aromatic heterocycles. The Bertz CT molecular complexity index is 762. The molecule has 23 heavy (non-hydrogen) atoms. The summed E-state index contributed by atoms with van der Waals surface area (Å²) >= 11 is 6.12. The molecular formula is C18H18ClN3O. The van der Waals surface area contributed by atoms with E-state index in [1.165, 1.54) is 0 Å². The molecule has 0 bridgehead atoms. The summed E-state index contributed by atoms with van der Waals surface area (Å²) in [5.74, 6) is 0.0814. The molecule has 0 spiro atoms. The average Bonchev–Trinajstić information content (AvgIpc) is 2.69. The van der Waals surface area contributed by atoms with E-state index in [1.807, 2.05) is 30.3 Å². The summed E-state index contributed by atoms with van der Waals surface area (Å²) in [4.78, 5) is 14.5. The van der Waals surface area contributed by atoms with Crippen molar-refractivity contribution in [2.24, 2.45) is 0 Å². The van der Waals surface area contributed by atoms with Gasteiger partial charge in [0.25, 0.3) is 0 Å². The van der Waals surface area contributed by atoms with Crippen molar-refractivity contribution in [3.8, 4) is 11.1 Å². The van der Waals surface area contributed by atoms with Crippen LogP contribution in [0.1, 0.15) is 6.42 Å². The molecule has 2 aliphatic rings. The Balaban J connectivity index is 1.80. The lowest BCUT2D eigenvalue weighted by Gasteiger charge is -2.36. The van der Waals surface area contributed by atoms with E-state index in [0.717, 1.165) is 47.2 Å². The first-order valence-electron chi connectivity index (χ1n) is 7.88. The summed E-state index contributed by atoms with van der Waals surface area (Å²) in [6.07, 6.45) is 0.522. The number of anilines is 2. The van der Waals surface area contributed by atoms with Gasteiger partial charge in [-0.1, -0.05) is 29.8 Å². The smallest absolute Gasteiger partial charge is 0.226 e. The highest BCUT2D eigenvalue weighted by atomic mass is 35.5. The molecule has 2 N–H and O–H groups in total. The molecule has 0 aliphatic carbocycles. The summed E-state index contributed by atoms with van der Waals surface area (Å²) in [5.41, 5.74) is 4.19. The molecule has 1 fully saturated rings. The van der Waals surface area contributed by atoms with Gasteiger partial charge in [-0.25, -0.2) is 0 Å². The van der Waals surface area contributed by atoms with Crippen molar-refractivity contribution in [2.45, 2.75) is 12.5 Å². The summed E-state index contributed by atoms with van der Waals surface area (Å²) in [6.45, 7) is 2.69. The Kier molecular flexibility index (Phi) is 3.71. The van der Waals surface area contributed by atoms with Crippen molar-refractivity contribution in [3.05, 3.63) is 47.5 Å². The SMILES string of the molecule is O=C1CC2CNCCN2c2cc(-c3cccc(Cl)c3)ccc2N1. The molecule has 5 heteroatoms. The van der Waals surface area contributed by atoms with Crippen LogP contribution in [0.3, 0.4) is 0 Å². The van der Waals surface area contributed by atoms with Crippen molar-refractivity contribution in [1.29, 1.82) is 0 Å². The maximum Gasteiger partial charge on any atom is 0.226 e. The Labute approximate surface area is 140 Å². The number of hydrogen-bond acceptors (Lipinski definition) is 3. The first-order valence-corrected chi connectivity index (χ1v) is 8.26. The van der Waals surface area contributed by atoms with Crippen molar-refractivity contribution < 1.29 is 4.79 Å². The molecule has 2 aliphatic heterocycles. The van der Waals surface area contributed by atoms with E-state index in [9.17, 15) is 4.79 Å². The predicted octanol–water partition coefficient (Wildman–Crippen LogP) is 3.13. The van der Waals surface area contributed by atoms with E-state index in [0.29, 0.717) is 6.42 Å². The molecule has 2 aromatic carbocycles. The molecule has 2 heterocycles. The lowest BCUT2D eigenvalue weighted by atomic mass is 10.0. The molecule has 4 nitrogen and oxygen atoms in total. The number of benzene rings is 2. The molecule has 118 valence electrons. The largest absolute Gasteiger partial charge is 0.364 e. The second-order valence-corrected chi connectivity index (χ2v) is 6.48. The summed E-state index contributed by atoms with van der Waals surface area (Å²) < 4.78 is 0. The highest BCUT2D eigenvalue weighted by Crippen LogP contribution is 2.36. The van der Waals surface area contributed by atoms with Gasteiger partial charge < -0.3 is 15.5 Å². The third kappa shape index (κ3) is 2.80. The molecule has 1 saturated heterocycles. The lowest BCUT2D eigenvalue weighted by molar-refractivity contribution is -0.116. The van der Waals surface area contributed by atoms with Gasteiger partial charge in [0.05, 0.1) is 17.4 Å². The highest BCUT2D eigenvalue weighted by Gasteiger charge is 2.30. The molecule has 1 unspecified atom stereocenters. The van der Waals surface area contributed by atoms with Crippen LogP contribution in [0, 0.1) is 0 Å². The second kappa shape index (κ2) is 5.87. The zero-order valence-electron chi connectivity index (χ0n) is 12.7. The minimum absolute atomic E-state index is 0.0814. The van der Waals surface area contributed by atoms with E-state index in [4.69, 9.17) is 11.6 Å². The van der Waals surface area contributed by atoms with Gasteiger partial charge in [-0.15, -0.1) is 0 Å². The Morgan fingerprint density at radius 3 is 2.87 bits per heavy atom. The Hall–Kier alpha value is -2.04. The topological polar surface area (TPSA) is 44.4 Å². The summed E-state index contributed by atoms with van der Waals surface area (Å²) in [5, 5.41) is 7.14. The number of hydrogen-bond donors (Lipinski definition) is 2. The van der Waals surface area contributed by atoms with Crippen LogP contribution in [0.2, 0.25) is 5.02 Å². The summed E-state index contributed by atoms with van der Waals surface area (Å²) in [7, 11) is 0. The fourth-order valence-electron chi connectivity index (χ4n) is 3.40. The number of fused-ring (bicyclic) bond motifs is 3. The third-order valence-corrected chi connectivity index (χ3v) is 4.75. The fraction of sp³-hybridized carbons (Fsp3) is 0.278. The van der Waals surface area contributed by atoms with Crippen LogP contribution in [-0.2, 0) is 4.79 Å². The van der Waals surface area contributed by atoms with Gasteiger partial charge in [0, 0.05) is 31.1 Å². The minimum Gasteiger partial charge on any atom is -0.364 e. The lowest BCUT2D eigenvalue weighted by Crippen LogP contribution is -2.51. The quantitative estimate of drug-likeness (QED) is 0.846. The fourth-order valence-corrected chi connectivity index (χ4v) is 3.59. The third-order valence-electron chi connectivity index (χ3n) is 4.51. The maximum absolute atomic E-state index is 12.1. The van der Waals surface area contributed by atoms with Gasteiger partial charge in [0.15, 0.2) is 0 Å². The number of piperazine rings is 1. The van der Waals surface area contributed by atoms with Gasteiger partial charge in [-0.05, 0) is 35.4 Å².